The molecule has 0 fully saturated rings. The molecule has 102 valence electrons. The number of para-hydroxylation sites is 1. The average molecular weight is 335 g/mol. The van der Waals surface area contributed by atoms with E-state index in [1.807, 2.05) is 24.3 Å². The van der Waals surface area contributed by atoms with Gasteiger partial charge in [-0.3, -0.25) is 10.1 Å². The predicted molar refractivity (Wildman–Crippen MR) is 78.8 cm³/mol. The van der Waals surface area contributed by atoms with Gasteiger partial charge in [-0.2, -0.15) is 0 Å². The fourth-order valence-corrected chi connectivity index (χ4v) is 2.69. The molecule has 20 heavy (non-hydrogen) atoms. The van der Waals surface area contributed by atoms with E-state index in [1.165, 1.54) is 12.1 Å². The zero-order chi connectivity index (χ0) is 14.1. The van der Waals surface area contributed by atoms with Crippen LogP contribution >= 0.6 is 15.9 Å². The maximum Gasteiger partial charge on any atom is 0.246 e. The van der Waals surface area contributed by atoms with Crippen LogP contribution < -0.4 is 10.6 Å². The Morgan fingerprint density at radius 2 is 2.05 bits per heavy atom. The molecule has 0 radical (unpaired) electrons. The number of carbonyl (C=O) groups excluding carboxylic acids is 1. The van der Waals surface area contributed by atoms with E-state index in [4.69, 9.17) is 0 Å². The Bertz CT molecular complexity index is 675. The first-order valence-corrected chi connectivity index (χ1v) is 7.01. The van der Waals surface area contributed by atoms with Crippen molar-refractivity contribution in [2.75, 3.05) is 5.32 Å². The van der Waals surface area contributed by atoms with E-state index in [-0.39, 0.29) is 11.7 Å². The van der Waals surface area contributed by atoms with E-state index in [9.17, 15) is 9.18 Å². The Kier molecular flexibility index (Phi) is 3.54. The van der Waals surface area contributed by atoms with Crippen LogP contribution in [0.5, 0.6) is 0 Å². The standard InChI is InChI=1S/C15H12BrFN2O/c16-12-6-5-10(17)7-9(12)8-18-14-11-3-1-2-4-13(11)19-15(14)20/h1-7,14,18H,8H2,(H,19,20). The molecule has 1 aliphatic heterocycles. The molecule has 1 unspecified atom stereocenters. The van der Waals surface area contributed by atoms with Gasteiger partial charge in [-0.1, -0.05) is 34.1 Å². The first-order chi connectivity index (χ1) is 9.65. The van der Waals surface area contributed by atoms with Crippen LogP contribution in [-0.2, 0) is 11.3 Å². The zero-order valence-electron chi connectivity index (χ0n) is 10.5. The number of nitrogens with one attached hydrogen (secondary N) is 2. The first kappa shape index (κ1) is 13.3. The molecule has 2 aromatic rings. The van der Waals surface area contributed by atoms with Crippen LogP contribution in [0, 0.1) is 5.82 Å². The second kappa shape index (κ2) is 5.34. The van der Waals surface area contributed by atoms with Gasteiger partial charge in [-0.05, 0) is 29.8 Å². The lowest BCUT2D eigenvalue weighted by molar-refractivity contribution is -0.117. The van der Waals surface area contributed by atoms with Gasteiger partial charge in [-0.15, -0.1) is 0 Å². The number of benzene rings is 2. The molecular weight excluding hydrogens is 323 g/mol. The van der Waals surface area contributed by atoms with Crippen molar-refractivity contribution in [3.05, 3.63) is 63.9 Å². The summed E-state index contributed by atoms with van der Waals surface area (Å²) in [6, 6.07) is 11.7. The monoisotopic (exact) mass is 334 g/mol. The molecule has 0 bridgehead atoms. The summed E-state index contributed by atoms with van der Waals surface area (Å²) in [5, 5.41) is 5.99. The van der Waals surface area contributed by atoms with Gasteiger partial charge < -0.3 is 5.32 Å². The fourth-order valence-electron chi connectivity index (χ4n) is 2.30. The SMILES string of the molecule is O=C1Nc2ccccc2C1NCc1cc(F)ccc1Br. The Labute approximate surface area is 124 Å². The van der Waals surface area contributed by atoms with Gasteiger partial charge in [0, 0.05) is 22.3 Å². The molecule has 0 aliphatic carbocycles. The summed E-state index contributed by atoms with van der Waals surface area (Å²) in [4.78, 5) is 11.9. The number of carbonyl (C=O) groups is 1. The Morgan fingerprint density at radius 3 is 2.90 bits per heavy atom. The first-order valence-electron chi connectivity index (χ1n) is 6.22. The molecule has 3 rings (SSSR count). The highest BCUT2D eigenvalue weighted by atomic mass is 79.9. The van der Waals surface area contributed by atoms with Crippen LogP contribution in [0.25, 0.3) is 0 Å². The summed E-state index contributed by atoms with van der Waals surface area (Å²) >= 11 is 3.38. The molecule has 2 N–H and O–H groups in total. The molecule has 1 aliphatic rings. The van der Waals surface area contributed by atoms with Gasteiger partial charge in [0.1, 0.15) is 11.9 Å². The largest absolute Gasteiger partial charge is 0.324 e. The summed E-state index contributed by atoms with van der Waals surface area (Å²) < 4.78 is 14.1. The third kappa shape index (κ3) is 2.46. The third-order valence-electron chi connectivity index (χ3n) is 3.30. The number of halogens is 2. The van der Waals surface area contributed by atoms with Gasteiger partial charge in [0.2, 0.25) is 5.91 Å². The second-order valence-corrected chi connectivity index (χ2v) is 5.48. The van der Waals surface area contributed by atoms with E-state index < -0.39 is 6.04 Å². The lowest BCUT2D eigenvalue weighted by Gasteiger charge is -2.12. The Hall–Kier alpha value is -1.72. The summed E-state index contributed by atoms with van der Waals surface area (Å²) in [7, 11) is 0. The minimum Gasteiger partial charge on any atom is -0.324 e. The normalized spacial score (nSPS) is 16.9. The van der Waals surface area contributed by atoms with Gasteiger partial charge >= 0.3 is 0 Å². The van der Waals surface area contributed by atoms with Gasteiger partial charge in [0.15, 0.2) is 0 Å². The maximum absolute atomic E-state index is 13.2. The lowest BCUT2D eigenvalue weighted by atomic mass is 10.1. The fraction of sp³-hybridized carbons (Fsp3) is 0.133. The van der Waals surface area contributed by atoms with Crippen molar-refractivity contribution in [2.24, 2.45) is 0 Å². The molecule has 3 nitrogen and oxygen atoms in total. The van der Waals surface area contributed by atoms with Crippen LogP contribution in [0.2, 0.25) is 0 Å². The van der Waals surface area contributed by atoms with Crippen molar-refractivity contribution < 1.29 is 9.18 Å². The smallest absolute Gasteiger partial charge is 0.246 e. The highest BCUT2D eigenvalue weighted by molar-refractivity contribution is 9.10. The van der Waals surface area contributed by atoms with Gasteiger partial charge in [0.05, 0.1) is 0 Å². The van der Waals surface area contributed by atoms with Crippen LogP contribution in [0.3, 0.4) is 0 Å². The van der Waals surface area contributed by atoms with E-state index in [1.54, 1.807) is 6.07 Å². The molecule has 0 saturated carbocycles. The molecule has 0 spiro atoms. The predicted octanol–water partition coefficient (Wildman–Crippen LogP) is 3.37. The topological polar surface area (TPSA) is 41.1 Å². The summed E-state index contributed by atoms with van der Waals surface area (Å²) in [5.41, 5.74) is 2.53. The quantitative estimate of drug-likeness (QED) is 0.903. The molecular formula is C15H12BrFN2O. The highest BCUT2D eigenvalue weighted by Gasteiger charge is 2.29. The van der Waals surface area contributed by atoms with Crippen molar-refractivity contribution in [1.29, 1.82) is 0 Å². The molecule has 1 atom stereocenters. The maximum atomic E-state index is 13.2. The molecule has 0 aromatic heterocycles. The molecule has 1 amide bonds. The Balaban J connectivity index is 1.79. The summed E-state index contributed by atoms with van der Waals surface area (Å²) in [5.74, 6) is -0.375. The van der Waals surface area contributed by atoms with Crippen molar-refractivity contribution >= 4 is 27.5 Å². The van der Waals surface area contributed by atoms with Crippen LogP contribution in [0.1, 0.15) is 17.2 Å². The van der Waals surface area contributed by atoms with Crippen LogP contribution in [-0.4, -0.2) is 5.91 Å². The third-order valence-corrected chi connectivity index (χ3v) is 4.07. The average Bonchev–Trinajstić information content (AvgIpc) is 2.75. The number of anilines is 1. The zero-order valence-corrected chi connectivity index (χ0v) is 12.1. The molecule has 2 aromatic carbocycles. The summed E-state index contributed by atoms with van der Waals surface area (Å²) in [6.45, 7) is 0.408. The van der Waals surface area contributed by atoms with Crippen molar-refractivity contribution in [2.45, 2.75) is 12.6 Å². The number of amides is 1. The number of rotatable bonds is 3. The van der Waals surface area contributed by atoms with Gasteiger partial charge in [0.25, 0.3) is 0 Å². The van der Waals surface area contributed by atoms with E-state index in [2.05, 4.69) is 26.6 Å². The molecule has 5 heteroatoms. The van der Waals surface area contributed by atoms with Gasteiger partial charge in [-0.25, -0.2) is 4.39 Å². The van der Waals surface area contributed by atoms with E-state index >= 15 is 0 Å². The van der Waals surface area contributed by atoms with Crippen molar-refractivity contribution in [3.63, 3.8) is 0 Å². The second-order valence-electron chi connectivity index (χ2n) is 4.63. The summed E-state index contributed by atoms with van der Waals surface area (Å²) in [6.07, 6.45) is 0. The Morgan fingerprint density at radius 1 is 1.25 bits per heavy atom. The number of hydrogen-bond acceptors (Lipinski definition) is 2. The highest BCUT2D eigenvalue weighted by Crippen LogP contribution is 2.30. The van der Waals surface area contributed by atoms with Crippen LogP contribution in [0.4, 0.5) is 10.1 Å². The van der Waals surface area contributed by atoms with Crippen molar-refractivity contribution in [3.8, 4) is 0 Å². The lowest BCUT2D eigenvalue weighted by Crippen LogP contribution is -2.27. The van der Waals surface area contributed by atoms with E-state index in [0.29, 0.717) is 6.54 Å². The minimum atomic E-state index is -0.402. The van der Waals surface area contributed by atoms with Crippen molar-refractivity contribution in [1.82, 2.24) is 5.32 Å². The molecule has 0 saturated heterocycles. The number of hydrogen-bond donors (Lipinski definition) is 2. The minimum absolute atomic E-state index is 0.0845. The molecule has 1 heterocycles. The van der Waals surface area contributed by atoms with E-state index in [0.717, 1.165) is 21.3 Å². The number of fused-ring (bicyclic) bond motifs is 1. The van der Waals surface area contributed by atoms with Crippen LogP contribution in [0.15, 0.2) is 46.9 Å².